The van der Waals surface area contributed by atoms with Gasteiger partial charge in [0.15, 0.2) is 11.5 Å². The maximum Gasteiger partial charge on any atom is 0.264 e. The van der Waals surface area contributed by atoms with Crippen LogP contribution in [0.5, 0.6) is 17.2 Å². The highest BCUT2D eigenvalue weighted by Gasteiger charge is 2.35. The van der Waals surface area contributed by atoms with E-state index in [2.05, 4.69) is 5.32 Å². The van der Waals surface area contributed by atoms with Gasteiger partial charge in [-0.3, -0.25) is 13.9 Å². The van der Waals surface area contributed by atoms with Crippen molar-refractivity contribution in [2.45, 2.75) is 57.5 Å². The Balaban J connectivity index is 1.82. The Kier molecular flexibility index (Phi) is 13.7. The molecule has 4 rings (SSSR count). The Morgan fingerprint density at radius 2 is 1.52 bits per heavy atom. The smallest absolute Gasteiger partial charge is 0.264 e. The van der Waals surface area contributed by atoms with Crippen molar-refractivity contribution in [3.63, 3.8) is 0 Å². The zero-order chi connectivity index (χ0) is 36.1. The number of amides is 2. The molecule has 0 spiro atoms. The normalized spacial score (nSPS) is 11.7. The van der Waals surface area contributed by atoms with E-state index in [1.54, 1.807) is 24.3 Å². The minimum atomic E-state index is -4.36. The Bertz CT molecular complexity index is 1820. The van der Waals surface area contributed by atoms with Gasteiger partial charge in [-0.25, -0.2) is 8.42 Å². The number of aryl methyl sites for hydroxylation is 1. The summed E-state index contributed by atoms with van der Waals surface area (Å²) in [5, 5.41) is 3.01. The van der Waals surface area contributed by atoms with E-state index in [4.69, 9.17) is 14.2 Å². The van der Waals surface area contributed by atoms with Gasteiger partial charge in [0.25, 0.3) is 10.0 Å². The number of anilines is 1. The van der Waals surface area contributed by atoms with Crippen molar-refractivity contribution in [3.8, 4) is 17.2 Å². The Morgan fingerprint density at radius 3 is 2.16 bits per heavy atom. The van der Waals surface area contributed by atoms with Crippen LogP contribution in [0.2, 0.25) is 0 Å². The molecule has 11 heteroatoms. The molecule has 0 bridgehead atoms. The van der Waals surface area contributed by atoms with Crippen LogP contribution in [0, 0.1) is 6.92 Å². The molecule has 1 atom stereocenters. The average molecular weight is 702 g/mol. The third-order valence-electron chi connectivity index (χ3n) is 8.19. The van der Waals surface area contributed by atoms with E-state index in [1.165, 1.54) is 37.3 Å². The molecule has 0 aliphatic heterocycles. The first-order valence-electron chi connectivity index (χ1n) is 16.8. The van der Waals surface area contributed by atoms with E-state index in [1.807, 2.05) is 75.4 Å². The number of benzene rings is 4. The summed E-state index contributed by atoms with van der Waals surface area (Å²) in [6, 6.07) is 27.1. The topological polar surface area (TPSA) is 114 Å². The molecule has 1 N–H and O–H groups in total. The SMILES string of the molecule is CCCCNC(=O)C(Cc1ccccc1)N(Cc1cccc(C)c1)C(=O)CN(c1ccc(OCC)cc1)S(=O)(=O)c1ccc(OC)c(OC)c1. The molecule has 0 aliphatic rings. The lowest BCUT2D eigenvalue weighted by molar-refractivity contribution is -0.140. The predicted molar refractivity (Wildman–Crippen MR) is 195 cm³/mol. The number of carbonyl (C=O) groups is 2. The second-order valence-electron chi connectivity index (χ2n) is 11.8. The van der Waals surface area contributed by atoms with Crippen LogP contribution in [0.4, 0.5) is 5.69 Å². The van der Waals surface area contributed by atoms with E-state index in [0.29, 0.717) is 24.7 Å². The van der Waals surface area contributed by atoms with Crippen molar-refractivity contribution in [2.75, 3.05) is 38.2 Å². The largest absolute Gasteiger partial charge is 0.494 e. The number of sulfonamides is 1. The Morgan fingerprint density at radius 1 is 0.820 bits per heavy atom. The molecule has 0 heterocycles. The number of nitrogens with one attached hydrogen (secondary N) is 1. The van der Waals surface area contributed by atoms with Gasteiger partial charge in [-0.2, -0.15) is 0 Å². The third-order valence-corrected chi connectivity index (χ3v) is 9.96. The highest BCUT2D eigenvalue weighted by Crippen LogP contribution is 2.33. The van der Waals surface area contributed by atoms with Crippen molar-refractivity contribution < 1.29 is 32.2 Å². The molecule has 266 valence electrons. The molecule has 4 aromatic rings. The maximum atomic E-state index is 14.7. The number of rotatable bonds is 18. The van der Waals surface area contributed by atoms with Crippen LogP contribution >= 0.6 is 0 Å². The van der Waals surface area contributed by atoms with Crippen LogP contribution in [-0.2, 0) is 32.6 Å². The molecule has 0 saturated carbocycles. The molecular formula is C39H47N3O7S. The van der Waals surface area contributed by atoms with Gasteiger partial charge in [0.2, 0.25) is 11.8 Å². The summed E-state index contributed by atoms with van der Waals surface area (Å²) in [7, 11) is -1.48. The lowest BCUT2D eigenvalue weighted by atomic mass is 10.0. The summed E-state index contributed by atoms with van der Waals surface area (Å²) in [6.07, 6.45) is 1.91. The maximum absolute atomic E-state index is 14.7. The van der Waals surface area contributed by atoms with Gasteiger partial charge >= 0.3 is 0 Å². The predicted octanol–water partition coefficient (Wildman–Crippen LogP) is 6.16. The summed E-state index contributed by atoms with van der Waals surface area (Å²) >= 11 is 0. The molecule has 0 aromatic heterocycles. The molecule has 50 heavy (non-hydrogen) atoms. The van der Waals surface area contributed by atoms with Gasteiger partial charge in [-0.05, 0) is 67.8 Å². The number of hydrogen-bond acceptors (Lipinski definition) is 7. The molecule has 0 radical (unpaired) electrons. The average Bonchev–Trinajstić information content (AvgIpc) is 3.12. The fraction of sp³-hybridized carbons (Fsp3) is 0.333. The lowest BCUT2D eigenvalue weighted by Gasteiger charge is -2.34. The summed E-state index contributed by atoms with van der Waals surface area (Å²) < 4.78 is 46.4. The minimum Gasteiger partial charge on any atom is -0.494 e. The summed E-state index contributed by atoms with van der Waals surface area (Å²) in [6.45, 7) is 6.25. The van der Waals surface area contributed by atoms with Crippen molar-refractivity contribution in [1.29, 1.82) is 0 Å². The van der Waals surface area contributed by atoms with Crippen LogP contribution in [0.15, 0.2) is 102 Å². The number of ether oxygens (including phenoxy) is 3. The van der Waals surface area contributed by atoms with Crippen LogP contribution in [0.25, 0.3) is 0 Å². The van der Waals surface area contributed by atoms with E-state index in [9.17, 15) is 18.0 Å². The molecule has 0 aliphatic carbocycles. The van der Waals surface area contributed by atoms with Gasteiger partial charge in [0, 0.05) is 25.6 Å². The standard InChI is InChI=1S/C39H47N3O7S/c1-6-8-23-40-39(44)35(25-30-14-10-9-11-15-30)41(27-31-16-12-13-29(3)24-31)38(43)28-42(32-17-19-33(20-18-32)49-7-2)50(45,46)34-21-22-36(47-4)37(26-34)48-5/h9-22,24,26,35H,6-8,23,25,27-28H2,1-5H3,(H,40,44). The second kappa shape index (κ2) is 18.1. The second-order valence-corrected chi connectivity index (χ2v) is 13.7. The van der Waals surface area contributed by atoms with Crippen LogP contribution in [-0.4, -0.2) is 65.1 Å². The Hall–Kier alpha value is -5.03. The van der Waals surface area contributed by atoms with Crippen molar-refractivity contribution in [3.05, 3.63) is 114 Å². The van der Waals surface area contributed by atoms with E-state index in [-0.39, 0.29) is 35.2 Å². The number of carbonyl (C=O) groups excluding carboxylic acids is 2. The molecular weight excluding hydrogens is 655 g/mol. The Labute approximate surface area is 296 Å². The number of unbranched alkanes of at least 4 members (excludes halogenated alkanes) is 1. The highest BCUT2D eigenvalue weighted by molar-refractivity contribution is 7.92. The number of methoxy groups -OCH3 is 2. The summed E-state index contributed by atoms with van der Waals surface area (Å²) in [4.78, 5) is 30.1. The first-order chi connectivity index (χ1) is 24.1. The van der Waals surface area contributed by atoms with Gasteiger partial charge in [0.1, 0.15) is 18.3 Å². The zero-order valence-electron chi connectivity index (χ0n) is 29.4. The van der Waals surface area contributed by atoms with Crippen molar-refractivity contribution >= 4 is 27.5 Å². The molecule has 10 nitrogen and oxygen atoms in total. The monoisotopic (exact) mass is 701 g/mol. The van der Waals surface area contributed by atoms with Crippen LogP contribution in [0.3, 0.4) is 0 Å². The van der Waals surface area contributed by atoms with Gasteiger partial charge in [0.05, 0.1) is 31.4 Å². The lowest BCUT2D eigenvalue weighted by Crippen LogP contribution is -2.53. The van der Waals surface area contributed by atoms with E-state index in [0.717, 1.165) is 33.8 Å². The first-order valence-corrected chi connectivity index (χ1v) is 18.2. The van der Waals surface area contributed by atoms with Crippen molar-refractivity contribution in [2.24, 2.45) is 0 Å². The highest BCUT2D eigenvalue weighted by atomic mass is 32.2. The van der Waals surface area contributed by atoms with E-state index >= 15 is 0 Å². The molecule has 0 saturated heterocycles. The minimum absolute atomic E-state index is 0.0900. The summed E-state index contributed by atoms with van der Waals surface area (Å²) in [5.41, 5.74) is 2.92. The van der Waals surface area contributed by atoms with Gasteiger partial charge in [-0.15, -0.1) is 0 Å². The van der Waals surface area contributed by atoms with Gasteiger partial charge < -0.3 is 24.4 Å². The zero-order valence-corrected chi connectivity index (χ0v) is 30.2. The van der Waals surface area contributed by atoms with Gasteiger partial charge in [-0.1, -0.05) is 73.5 Å². The van der Waals surface area contributed by atoms with Crippen LogP contribution in [0.1, 0.15) is 43.4 Å². The van der Waals surface area contributed by atoms with Crippen LogP contribution < -0.4 is 23.8 Å². The molecule has 4 aromatic carbocycles. The third kappa shape index (κ3) is 9.78. The molecule has 0 fully saturated rings. The molecule has 2 amide bonds. The first kappa shape index (κ1) is 37.8. The molecule has 1 unspecified atom stereocenters. The summed E-state index contributed by atoms with van der Waals surface area (Å²) in [5.74, 6) is 0.282. The fourth-order valence-corrected chi connectivity index (χ4v) is 7.01. The quantitative estimate of drug-likeness (QED) is 0.124. The number of nitrogens with zero attached hydrogens (tertiary/aromatic N) is 2. The fourth-order valence-electron chi connectivity index (χ4n) is 5.58. The van der Waals surface area contributed by atoms with E-state index < -0.39 is 28.5 Å². The van der Waals surface area contributed by atoms with Crippen molar-refractivity contribution in [1.82, 2.24) is 10.2 Å². The number of hydrogen-bond donors (Lipinski definition) is 1.